The Morgan fingerprint density at radius 1 is 0.650 bits per heavy atom. The van der Waals surface area contributed by atoms with Crippen molar-refractivity contribution in [1.82, 2.24) is 0 Å². The summed E-state index contributed by atoms with van der Waals surface area (Å²) in [4.78, 5) is 2.46. The minimum absolute atomic E-state index is 0.766. The Balaban J connectivity index is 1.79. The summed E-state index contributed by atoms with van der Waals surface area (Å²) in [6.45, 7) is 0. The van der Waals surface area contributed by atoms with Crippen LogP contribution < -0.4 is 0 Å². The topological polar surface area (TPSA) is 0 Å². The smallest absolute Gasteiger partial charge is 0.0406 e. The Morgan fingerprint density at radius 3 is 1.75 bits per heavy atom. The van der Waals surface area contributed by atoms with E-state index in [0.29, 0.717) is 0 Å². The van der Waals surface area contributed by atoms with Crippen molar-refractivity contribution in [3.05, 3.63) is 83.9 Å². The van der Waals surface area contributed by atoms with Crippen molar-refractivity contribution in [3.63, 3.8) is 0 Å². The summed E-state index contributed by atoms with van der Waals surface area (Å²) in [6.07, 6.45) is 0. The summed E-state index contributed by atoms with van der Waals surface area (Å²) in [5, 5.41) is 0.766. The van der Waals surface area contributed by atoms with Crippen LogP contribution in [0.2, 0.25) is 5.02 Å². The largest absolute Gasteiger partial charge is 0.0901 e. The lowest BCUT2D eigenvalue weighted by atomic mass is 10.1. The molecule has 2 heteroatoms. The summed E-state index contributed by atoms with van der Waals surface area (Å²) in [6, 6.07) is 27.5. The molecule has 3 aromatic carbocycles. The van der Waals surface area contributed by atoms with Gasteiger partial charge >= 0.3 is 0 Å². The fraction of sp³-hybridized carbons (Fsp3) is 0. The Labute approximate surface area is 128 Å². The summed E-state index contributed by atoms with van der Waals surface area (Å²) >= 11 is 7.66. The third kappa shape index (κ3) is 3.24. The highest BCUT2D eigenvalue weighted by atomic mass is 35.5. The van der Waals surface area contributed by atoms with Crippen molar-refractivity contribution >= 4 is 23.4 Å². The van der Waals surface area contributed by atoms with Crippen LogP contribution in [-0.4, -0.2) is 0 Å². The van der Waals surface area contributed by atoms with Gasteiger partial charge in [-0.1, -0.05) is 59.8 Å². The molecule has 0 saturated heterocycles. The second kappa shape index (κ2) is 6.17. The molecule has 0 atom stereocenters. The lowest BCUT2D eigenvalue weighted by molar-refractivity contribution is 1.40. The third-order valence-corrected chi connectivity index (χ3v) is 4.22. The first-order valence-corrected chi connectivity index (χ1v) is 7.51. The molecule has 0 unspecified atom stereocenters. The first-order valence-electron chi connectivity index (χ1n) is 6.31. The lowest BCUT2D eigenvalue weighted by Crippen LogP contribution is -1.78. The maximum absolute atomic E-state index is 5.91. The van der Waals surface area contributed by atoms with E-state index in [1.54, 1.807) is 11.8 Å². The molecule has 0 aromatic heterocycles. The SMILES string of the molecule is Clc1ccc(-c2ccc(Sc3cc[c]cc3)cc2)cc1. The van der Waals surface area contributed by atoms with Crippen LogP contribution in [0.5, 0.6) is 0 Å². The van der Waals surface area contributed by atoms with Crippen molar-refractivity contribution in [2.75, 3.05) is 0 Å². The molecular formula is C18H12ClS. The molecule has 97 valence electrons. The molecule has 0 bridgehead atoms. The zero-order valence-electron chi connectivity index (χ0n) is 10.7. The van der Waals surface area contributed by atoms with Gasteiger partial charge in [-0.15, -0.1) is 0 Å². The molecule has 0 fully saturated rings. The minimum atomic E-state index is 0.766. The number of hydrogen-bond acceptors (Lipinski definition) is 1. The van der Waals surface area contributed by atoms with Gasteiger partial charge < -0.3 is 0 Å². The molecule has 0 amide bonds. The standard InChI is InChI=1S/C18H12ClS/c19-16-10-6-14(7-11-16)15-8-12-18(13-9-15)20-17-4-2-1-3-5-17/h2-13H. The van der Waals surface area contributed by atoms with Crippen molar-refractivity contribution in [2.45, 2.75) is 9.79 Å². The normalized spacial score (nSPS) is 10.4. The maximum atomic E-state index is 5.91. The quantitative estimate of drug-likeness (QED) is 0.574. The molecule has 0 nitrogen and oxygen atoms in total. The molecular weight excluding hydrogens is 284 g/mol. The Morgan fingerprint density at radius 2 is 1.15 bits per heavy atom. The molecule has 0 aliphatic rings. The van der Waals surface area contributed by atoms with Gasteiger partial charge in [0.2, 0.25) is 0 Å². The molecule has 20 heavy (non-hydrogen) atoms. The average molecular weight is 296 g/mol. The van der Waals surface area contributed by atoms with Gasteiger partial charge in [0, 0.05) is 14.8 Å². The van der Waals surface area contributed by atoms with Crippen LogP contribution >= 0.6 is 23.4 Å². The summed E-state index contributed by atoms with van der Waals surface area (Å²) < 4.78 is 0. The highest BCUT2D eigenvalue weighted by molar-refractivity contribution is 7.99. The molecule has 0 heterocycles. The lowest BCUT2D eigenvalue weighted by Gasteiger charge is -2.05. The Kier molecular flexibility index (Phi) is 4.10. The van der Waals surface area contributed by atoms with Crippen LogP contribution in [0.4, 0.5) is 0 Å². The van der Waals surface area contributed by atoms with E-state index in [-0.39, 0.29) is 0 Å². The monoisotopic (exact) mass is 295 g/mol. The fourth-order valence-corrected chi connectivity index (χ4v) is 2.88. The average Bonchev–Trinajstić information content (AvgIpc) is 2.50. The fourth-order valence-electron chi connectivity index (χ4n) is 1.93. The number of hydrogen-bond donors (Lipinski definition) is 0. The molecule has 3 rings (SSSR count). The zero-order valence-corrected chi connectivity index (χ0v) is 12.3. The predicted molar refractivity (Wildman–Crippen MR) is 86.3 cm³/mol. The zero-order chi connectivity index (χ0) is 13.8. The summed E-state index contributed by atoms with van der Waals surface area (Å²) in [5.41, 5.74) is 2.38. The van der Waals surface area contributed by atoms with E-state index in [0.717, 1.165) is 5.02 Å². The molecule has 0 saturated carbocycles. The van der Waals surface area contributed by atoms with E-state index in [1.807, 2.05) is 36.4 Å². The van der Waals surface area contributed by atoms with Gasteiger partial charge in [0.05, 0.1) is 0 Å². The molecule has 0 N–H and O–H groups in total. The van der Waals surface area contributed by atoms with E-state index in [2.05, 4.69) is 42.5 Å². The van der Waals surface area contributed by atoms with Crippen molar-refractivity contribution < 1.29 is 0 Å². The molecule has 0 spiro atoms. The van der Waals surface area contributed by atoms with Crippen LogP contribution in [0.15, 0.2) is 82.6 Å². The Hall–Kier alpha value is -1.70. The first kappa shape index (κ1) is 13.3. The third-order valence-electron chi connectivity index (χ3n) is 2.96. The van der Waals surface area contributed by atoms with Crippen molar-refractivity contribution in [1.29, 1.82) is 0 Å². The summed E-state index contributed by atoms with van der Waals surface area (Å²) in [5.74, 6) is 0. The van der Waals surface area contributed by atoms with Crippen LogP contribution in [-0.2, 0) is 0 Å². The van der Waals surface area contributed by atoms with Crippen LogP contribution in [0.1, 0.15) is 0 Å². The van der Waals surface area contributed by atoms with Gasteiger partial charge in [-0.2, -0.15) is 0 Å². The second-order valence-electron chi connectivity index (χ2n) is 4.37. The predicted octanol–water partition coefficient (Wildman–Crippen LogP) is 5.96. The van der Waals surface area contributed by atoms with Gasteiger partial charge in [0.15, 0.2) is 0 Å². The van der Waals surface area contributed by atoms with Crippen molar-refractivity contribution in [2.24, 2.45) is 0 Å². The van der Waals surface area contributed by atoms with E-state index in [9.17, 15) is 0 Å². The van der Waals surface area contributed by atoms with E-state index >= 15 is 0 Å². The highest BCUT2D eigenvalue weighted by Gasteiger charge is 2.00. The maximum Gasteiger partial charge on any atom is 0.0406 e. The highest BCUT2D eigenvalue weighted by Crippen LogP contribution is 2.29. The molecule has 1 radical (unpaired) electrons. The second-order valence-corrected chi connectivity index (χ2v) is 5.95. The van der Waals surface area contributed by atoms with Crippen LogP contribution in [0, 0.1) is 6.07 Å². The molecule has 0 aliphatic carbocycles. The first-order chi connectivity index (χ1) is 9.81. The van der Waals surface area contributed by atoms with Crippen LogP contribution in [0.25, 0.3) is 11.1 Å². The van der Waals surface area contributed by atoms with Crippen LogP contribution in [0.3, 0.4) is 0 Å². The van der Waals surface area contributed by atoms with Gasteiger partial charge in [0.1, 0.15) is 0 Å². The van der Waals surface area contributed by atoms with E-state index in [1.165, 1.54) is 20.9 Å². The van der Waals surface area contributed by atoms with E-state index in [4.69, 9.17) is 11.6 Å². The number of benzene rings is 3. The van der Waals surface area contributed by atoms with Gasteiger partial charge in [0.25, 0.3) is 0 Å². The van der Waals surface area contributed by atoms with Gasteiger partial charge in [-0.25, -0.2) is 0 Å². The van der Waals surface area contributed by atoms with Crippen molar-refractivity contribution in [3.8, 4) is 11.1 Å². The number of rotatable bonds is 3. The van der Waals surface area contributed by atoms with Gasteiger partial charge in [-0.05, 0) is 53.6 Å². The van der Waals surface area contributed by atoms with Gasteiger partial charge in [-0.3, -0.25) is 0 Å². The Bertz CT molecular complexity index is 673. The molecule has 3 aromatic rings. The summed E-state index contributed by atoms with van der Waals surface area (Å²) in [7, 11) is 0. The minimum Gasteiger partial charge on any atom is -0.0901 e. The number of halogens is 1. The molecule has 0 aliphatic heterocycles. The van der Waals surface area contributed by atoms with E-state index < -0.39 is 0 Å².